The Bertz CT molecular complexity index is 2190. The maximum absolute atomic E-state index is 12.8. The Morgan fingerprint density at radius 1 is 0.485 bits per heavy atom. The molecular weight excluding hydrogens is 845 g/mol. The van der Waals surface area contributed by atoms with E-state index in [1.807, 2.05) is 24.3 Å². The monoisotopic (exact) mass is 912 g/mol. The number of methoxy groups -OCH3 is 8. The first-order valence-electron chi connectivity index (χ1n) is 22.5. The van der Waals surface area contributed by atoms with Crippen molar-refractivity contribution in [3.63, 3.8) is 0 Å². The van der Waals surface area contributed by atoms with Crippen LogP contribution in [0.15, 0.2) is 72.8 Å². The van der Waals surface area contributed by atoms with Crippen molar-refractivity contribution >= 4 is 11.9 Å². The topological polar surface area (TPSA) is 126 Å². The van der Waals surface area contributed by atoms with E-state index in [1.165, 1.54) is 22.3 Å². The van der Waals surface area contributed by atoms with Gasteiger partial charge < -0.3 is 56.3 Å². The van der Waals surface area contributed by atoms with Gasteiger partial charge in [-0.15, -0.1) is 0 Å². The molecule has 0 N–H and O–H groups in total. The summed E-state index contributed by atoms with van der Waals surface area (Å²) >= 11 is 0. The molecule has 4 aromatic rings. The van der Waals surface area contributed by atoms with Crippen molar-refractivity contribution in [2.75, 3.05) is 110 Å². The number of hydrogen-bond acceptors (Lipinski definition) is 12. The maximum atomic E-state index is 12.8. The minimum absolute atomic E-state index is 0.0726. The first-order valence-corrected chi connectivity index (χ1v) is 22.5. The normalized spacial score (nSPS) is 19.8. The summed E-state index contributed by atoms with van der Waals surface area (Å²) in [5.74, 6) is 4.31. The van der Waals surface area contributed by atoms with E-state index < -0.39 is 11.9 Å². The van der Waals surface area contributed by atoms with Crippen LogP contribution in [0.25, 0.3) is 0 Å². The number of benzene rings is 4. The minimum Gasteiger partial charge on any atom is -0.493 e. The largest absolute Gasteiger partial charge is 0.493 e. The molecule has 0 saturated carbocycles. The fraction of sp³-hybridized carbons (Fsp3) is 0.462. The molecular formula is C52H68N2O12+2. The molecule has 356 valence electrons. The lowest BCUT2D eigenvalue weighted by atomic mass is 9.86. The predicted molar refractivity (Wildman–Crippen MR) is 251 cm³/mol. The molecule has 2 heterocycles. The summed E-state index contributed by atoms with van der Waals surface area (Å²) < 4.78 is 57.7. The number of hydrogen-bond donors (Lipinski definition) is 0. The molecule has 2 aliphatic heterocycles. The van der Waals surface area contributed by atoms with Crippen LogP contribution >= 0.6 is 0 Å². The summed E-state index contributed by atoms with van der Waals surface area (Å²) in [5, 5.41) is 0. The van der Waals surface area contributed by atoms with Gasteiger partial charge in [0.15, 0.2) is 46.0 Å². The molecule has 4 unspecified atom stereocenters. The Kier molecular flexibility index (Phi) is 16.7. The molecule has 0 aliphatic carbocycles. The number of likely N-dealkylation sites (N-methyl/N-ethyl adjacent to an activating group) is 2. The highest BCUT2D eigenvalue weighted by atomic mass is 16.5. The van der Waals surface area contributed by atoms with Gasteiger partial charge in [0.25, 0.3) is 0 Å². The van der Waals surface area contributed by atoms with Crippen LogP contribution in [0.4, 0.5) is 0 Å². The van der Waals surface area contributed by atoms with E-state index in [2.05, 4.69) is 50.5 Å². The first-order chi connectivity index (χ1) is 31.9. The number of ether oxygens (including phenoxy) is 10. The molecule has 2 aliphatic rings. The summed E-state index contributed by atoms with van der Waals surface area (Å²) in [4.78, 5) is 25.6. The van der Waals surface area contributed by atoms with Crippen LogP contribution in [-0.2, 0) is 44.7 Å². The zero-order valence-electron chi connectivity index (χ0n) is 40.4. The highest BCUT2D eigenvalue weighted by Gasteiger charge is 2.41. The number of carbonyl (C=O) groups excluding carboxylic acids is 2. The van der Waals surface area contributed by atoms with Gasteiger partial charge in [-0.1, -0.05) is 12.1 Å². The zero-order chi connectivity index (χ0) is 47.4. The van der Waals surface area contributed by atoms with Gasteiger partial charge in [-0.3, -0.25) is 0 Å². The van der Waals surface area contributed by atoms with Crippen LogP contribution in [-0.4, -0.2) is 131 Å². The highest BCUT2D eigenvalue weighted by molar-refractivity contribution is 5.91. The summed E-state index contributed by atoms with van der Waals surface area (Å²) in [7, 11) is 17.7. The molecule has 0 fully saturated rings. The SMILES string of the molecule is COc1ccc(CC2c3cc(OC)c(OC)cc3CC[N+]2(C)CCCOC(=O)/C=C\C(=O)OCCC[N+]2(C)CCc3cc(OC)c(OC)cc3C2Cc2ccc(OC)c(OC)c2)cc1OC. The summed E-state index contributed by atoms with van der Waals surface area (Å²) in [6.45, 7) is 3.69. The Labute approximate surface area is 390 Å². The smallest absolute Gasteiger partial charge is 0.331 e. The van der Waals surface area contributed by atoms with Crippen LogP contribution in [0.3, 0.4) is 0 Å². The van der Waals surface area contributed by atoms with Crippen molar-refractivity contribution in [1.29, 1.82) is 0 Å². The maximum Gasteiger partial charge on any atom is 0.331 e. The fourth-order valence-corrected chi connectivity index (χ4v) is 9.75. The number of carbonyl (C=O) groups is 2. The van der Waals surface area contributed by atoms with E-state index in [0.717, 1.165) is 84.1 Å². The van der Waals surface area contributed by atoms with Crippen LogP contribution < -0.4 is 37.9 Å². The Hall–Kier alpha value is -6.12. The Balaban J connectivity index is 1.04. The van der Waals surface area contributed by atoms with Crippen LogP contribution in [0, 0.1) is 0 Å². The molecule has 0 spiro atoms. The molecule has 0 bridgehead atoms. The second-order valence-corrected chi connectivity index (χ2v) is 17.4. The van der Waals surface area contributed by atoms with Crippen molar-refractivity contribution in [2.45, 2.75) is 50.6 Å². The Morgan fingerprint density at radius 2 is 0.818 bits per heavy atom. The van der Waals surface area contributed by atoms with Crippen LogP contribution in [0.5, 0.6) is 46.0 Å². The third-order valence-corrected chi connectivity index (χ3v) is 13.5. The summed E-state index contributed by atoms with van der Waals surface area (Å²) in [5.41, 5.74) is 7.06. The van der Waals surface area contributed by atoms with Gasteiger partial charge in [0.2, 0.25) is 0 Å². The molecule has 6 rings (SSSR count). The summed E-state index contributed by atoms with van der Waals surface area (Å²) in [6.07, 6.45) is 6.73. The minimum atomic E-state index is -0.590. The molecule has 14 heteroatoms. The second-order valence-electron chi connectivity index (χ2n) is 17.4. The number of esters is 2. The highest BCUT2D eigenvalue weighted by Crippen LogP contribution is 2.45. The van der Waals surface area contributed by atoms with Crippen molar-refractivity contribution in [2.24, 2.45) is 0 Å². The molecule has 0 saturated heterocycles. The zero-order valence-corrected chi connectivity index (χ0v) is 40.4. The van der Waals surface area contributed by atoms with E-state index in [0.29, 0.717) is 58.8 Å². The lowest BCUT2D eigenvalue weighted by Gasteiger charge is -2.46. The predicted octanol–water partition coefficient (Wildman–Crippen LogP) is 7.45. The van der Waals surface area contributed by atoms with E-state index in [1.54, 1.807) is 56.9 Å². The lowest BCUT2D eigenvalue weighted by molar-refractivity contribution is -0.941. The molecule has 4 atom stereocenters. The van der Waals surface area contributed by atoms with Gasteiger partial charge in [-0.25, -0.2) is 9.59 Å². The van der Waals surface area contributed by atoms with Gasteiger partial charge in [0, 0.05) is 61.8 Å². The van der Waals surface area contributed by atoms with E-state index in [4.69, 9.17) is 47.4 Å². The van der Waals surface area contributed by atoms with Gasteiger partial charge in [0.05, 0.1) is 110 Å². The van der Waals surface area contributed by atoms with E-state index >= 15 is 0 Å². The average Bonchev–Trinajstić information content (AvgIpc) is 3.34. The Morgan fingerprint density at radius 3 is 1.17 bits per heavy atom. The third-order valence-electron chi connectivity index (χ3n) is 13.5. The third kappa shape index (κ3) is 11.3. The number of fused-ring (bicyclic) bond motifs is 2. The second kappa shape index (κ2) is 22.4. The standard InChI is InChI=1S/C52H68N2O12/c1-53(23-19-37-31-47(61-7)49(63-9)33-39(37)41(53)27-35-13-15-43(57-3)45(29-35)59-5)21-11-25-65-51(55)17-18-52(56)66-26-12-22-54(2)24-20-38-32-48(62-8)50(64-10)34-40(38)42(54)28-36-14-16-44(58-4)46(30-36)60-6/h13-18,29-34,41-42H,11-12,19-28H2,1-10H3/q+2/b18-17-. The van der Waals surface area contributed by atoms with Gasteiger partial charge in [-0.05, 0) is 70.8 Å². The van der Waals surface area contributed by atoms with E-state index in [-0.39, 0.29) is 25.3 Å². The molecule has 0 aromatic heterocycles. The van der Waals surface area contributed by atoms with Gasteiger partial charge >= 0.3 is 11.9 Å². The molecule has 0 radical (unpaired) electrons. The van der Waals surface area contributed by atoms with E-state index in [9.17, 15) is 9.59 Å². The fourth-order valence-electron chi connectivity index (χ4n) is 9.75. The molecule has 66 heavy (non-hydrogen) atoms. The molecule has 4 aromatic carbocycles. The number of rotatable bonds is 22. The van der Waals surface area contributed by atoms with Gasteiger partial charge in [-0.2, -0.15) is 0 Å². The van der Waals surface area contributed by atoms with Crippen molar-refractivity contribution in [3.05, 3.63) is 106 Å². The lowest BCUT2D eigenvalue weighted by Crippen LogP contribution is -2.52. The molecule has 14 nitrogen and oxygen atoms in total. The summed E-state index contributed by atoms with van der Waals surface area (Å²) in [6, 6.07) is 20.6. The first kappa shape index (κ1) is 49.3. The van der Waals surface area contributed by atoms with Crippen molar-refractivity contribution < 1.29 is 65.9 Å². The quantitative estimate of drug-likeness (QED) is 0.0337. The number of nitrogens with zero attached hydrogens (tertiary/aromatic N) is 2. The van der Waals surface area contributed by atoms with Crippen LogP contribution in [0.1, 0.15) is 58.3 Å². The van der Waals surface area contributed by atoms with Gasteiger partial charge in [0.1, 0.15) is 12.1 Å². The van der Waals surface area contributed by atoms with Crippen LogP contribution in [0.2, 0.25) is 0 Å². The van der Waals surface area contributed by atoms with Crippen molar-refractivity contribution in [3.8, 4) is 46.0 Å². The molecule has 0 amide bonds. The number of quaternary nitrogens is 2. The van der Waals surface area contributed by atoms with Crippen molar-refractivity contribution in [1.82, 2.24) is 0 Å². The average molecular weight is 913 g/mol.